The van der Waals surface area contributed by atoms with Crippen LogP contribution >= 0.6 is 15.9 Å². The number of rotatable bonds is 5. The largest absolute Gasteiger partial charge is 0.550 e. The van der Waals surface area contributed by atoms with Gasteiger partial charge >= 0.3 is 0 Å². The number of quaternary nitrogens is 1. The van der Waals surface area contributed by atoms with Crippen LogP contribution in [0.3, 0.4) is 0 Å². The van der Waals surface area contributed by atoms with Crippen molar-refractivity contribution in [2.75, 3.05) is 27.7 Å². The Labute approximate surface area is 127 Å². The van der Waals surface area contributed by atoms with Gasteiger partial charge in [0.2, 0.25) is 4.69 Å². The Morgan fingerprint density at radius 1 is 1.25 bits per heavy atom. The van der Waals surface area contributed by atoms with Gasteiger partial charge in [0.1, 0.15) is 12.6 Å². The number of benzene rings is 1. The smallest absolute Gasteiger partial charge is 0.228 e. The van der Waals surface area contributed by atoms with Crippen LogP contribution in [0.1, 0.15) is 16.8 Å². The predicted octanol–water partition coefficient (Wildman–Crippen LogP) is 0.415. The Bertz CT molecular complexity index is 429. The first-order valence-corrected chi connectivity index (χ1v) is 6.84. The van der Waals surface area contributed by atoms with Gasteiger partial charge in [-0.2, -0.15) is 0 Å². The van der Waals surface area contributed by atoms with E-state index in [0.29, 0.717) is 16.6 Å². The number of carbonyl (C=O) groups excluding carboxylic acids is 2. The van der Waals surface area contributed by atoms with Crippen molar-refractivity contribution in [2.24, 2.45) is 0 Å². The molecule has 0 aliphatic rings. The molecule has 0 heterocycles. The number of nitrogens with zero attached hydrogens (tertiary/aromatic N) is 1. The Kier molecular flexibility index (Phi) is 8.29. The number of halogens is 1. The van der Waals surface area contributed by atoms with Crippen LogP contribution in [-0.4, -0.2) is 54.0 Å². The van der Waals surface area contributed by atoms with Gasteiger partial charge in [0.25, 0.3) is 0 Å². The van der Waals surface area contributed by atoms with E-state index in [1.54, 1.807) is 12.1 Å². The van der Waals surface area contributed by atoms with E-state index in [4.69, 9.17) is 5.11 Å². The molecule has 1 aromatic carbocycles. The Hall–Kier alpha value is -1.24. The summed E-state index contributed by atoms with van der Waals surface area (Å²) in [5.74, 6) is -1.20. The van der Waals surface area contributed by atoms with E-state index in [0.717, 1.165) is 0 Å². The molecule has 0 aromatic heterocycles. The van der Waals surface area contributed by atoms with Crippen LogP contribution in [0.2, 0.25) is 0 Å². The first kappa shape index (κ1) is 18.8. The predicted molar refractivity (Wildman–Crippen MR) is 78.2 cm³/mol. The maximum absolute atomic E-state index is 10.6. The normalized spacial score (nSPS) is 12.1. The summed E-state index contributed by atoms with van der Waals surface area (Å²) in [7, 11) is 5.66. The summed E-state index contributed by atoms with van der Waals surface area (Å²) in [5.41, 5.74) is 0.692. The minimum Gasteiger partial charge on any atom is -0.550 e. The standard InChI is InChI=1S/C7H5BrO.C7H15NO3/c8-7(9)6-4-2-1-3-5-6;1-8(2,3)5-6(9)4-7(10)11/h1-5H;6,9H,4-5H2,1-3H3. The summed E-state index contributed by atoms with van der Waals surface area (Å²) < 4.78 is 0.483. The Morgan fingerprint density at radius 3 is 2.05 bits per heavy atom. The summed E-state index contributed by atoms with van der Waals surface area (Å²) in [6.45, 7) is 0.425. The molecule has 112 valence electrons. The van der Waals surface area contributed by atoms with Gasteiger partial charge < -0.3 is 19.5 Å². The minimum atomic E-state index is -1.20. The van der Waals surface area contributed by atoms with Crippen molar-refractivity contribution in [1.82, 2.24) is 0 Å². The number of carboxylic acid groups (broad SMARTS) is 1. The van der Waals surface area contributed by atoms with Gasteiger partial charge in [-0.1, -0.05) is 30.3 Å². The lowest BCUT2D eigenvalue weighted by Gasteiger charge is -2.26. The molecule has 0 radical (unpaired) electrons. The maximum atomic E-state index is 10.6. The number of hydrogen-bond acceptors (Lipinski definition) is 4. The fraction of sp³-hybridized carbons (Fsp3) is 0.429. The van der Waals surface area contributed by atoms with E-state index in [9.17, 15) is 14.7 Å². The number of aliphatic hydroxyl groups is 1. The lowest BCUT2D eigenvalue weighted by atomic mass is 10.2. The molecule has 0 saturated heterocycles. The SMILES string of the molecule is C[N+](C)(C)CC(O)CC(=O)[O-].O=C(Br)c1ccccc1. The van der Waals surface area contributed by atoms with Crippen molar-refractivity contribution in [1.29, 1.82) is 0 Å². The fourth-order valence-electron chi connectivity index (χ4n) is 1.46. The molecule has 0 fully saturated rings. The summed E-state index contributed by atoms with van der Waals surface area (Å²) in [5, 5.41) is 19.1. The first-order chi connectivity index (χ1) is 9.11. The third-order valence-electron chi connectivity index (χ3n) is 2.16. The van der Waals surface area contributed by atoms with Crippen molar-refractivity contribution in [3.05, 3.63) is 35.9 Å². The zero-order valence-electron chi connectivity index (χ0n) is 11.9. The molecule has 0 amide bonds. The average molecular weight is 346 g/mol. The molecule has 0 aliphatic carbocycles. The summed E-state index contributed by atoms with van der Waals surface area (Å²) in [4.78, 5) is 20.6. The molecular weight excluding hydrogens is 326 g/mol. The molecule has 1 N–H and O–H groups in total. The quantitative estimate of drug-likeness (QED) is 0.619. The van der Waals surface area contributed by atoms with Crippen molar-refractivity contribution in [3.63, 3.8) is 0 Å². The molecule has 1 unspecified atom stereocenters. The van der Waals surface area contributed by atoms with Crippen LogP contribution in [0.5, 0.6) is 0 Å². The molecular formula is C14H20BrNO4. The molecule has 0 spiro atoms. The lowest BCUT2D eigenvalue weighted by Crippen LogP contribution is -2.43. The van der Waals surface area contributed by atoms with E-state index in [1.807, 2.05) is 39.3 Å². The molecule has 0 bridgehead atoms. The number of carboxylic acids is 1. The number of carbonyl (C=O) groups is 2. The summed E-state index contributed by atoms with van der Waals surface area (Å²) in [6, 6.07) is 9.05. The highest BCUT2D eigenvalue weighted by molar-refractivity contribution is 9.18. The van der Waals surface area contributed by atoms with E-state index in [1.165, 1.54) is 0 Å². The van der Waals surface area contributed by atoms with Crippen LogP contribution in [0, 0.1) is 0 Å². The van der Waals surface area contributed by atoms with E-state index < -0.39 is 12.1 Å². The molecule has 5 nitrogen and oxygen atoms in total. The Balaban J connectivity index is 0.000000367. The molecule has 0 aliphatic heterocycles. The monoisotopic (exact) mass is 345 g/mol. The van der Waals surface area contributed by atoms with Gasteiger partial charge in [-0.3, -0.25) is 4.79 Å². The van der Waals surface area contributed by atoms with Gasteiger partial charge in [0.05, 0.1) is 21.1 Å². The highest BCUT2D eigenvalue weighted by atomic mass is 79.9. The third-order valence-corrected chi connectivity index (χ3v) is 2.62. The van der Waals surface area contributed by atoms with Gasteiger partial charge in [0, 0.05) is 18.0 Å². The lowest BCUT2D eigenvalue weighted by molar-refractivity contribution is -0.873. The van der Waals surface area contributed by atoms with Gasteiger partial charge in [-0.05, 0) is 15.9 Å². The van der Waals surface area contributed by atoms with E-state index in [2.05, 4.69) is 15.9 Å². The fourth-order valence-corrected chi connectivity index (χ4v) is 1.72. The average Bonchev–Trinajstić information content (AvgIpc) is 2.27. The number of likely N-dealkylation sites (N-methyl/N-ethyl adjacent to an activating group) is 1. The van der Waals surface area contributed by atoms with Crippen LogP contribution in [0.15, 0.2) is 30.3 Å². The van der Waals surface area contributed by atoms with Gasteiger partial charge in [-0.25, -0.2) is 0 Å². The van der Waals surface area contributed by atoms with E-state index >= 15 is 0 Å². The molecule has 6 heteroatoms. The topological polar surface area (TPSA) is 77.4 Å². The Morgan fingerprint density at radius 2 is 1.75 bits per heavy atom. The number of aliphatic hydroxyl groups excluding tert-OH is 1. The first-order valence-electron chi connectivity index (χ1n) is 6.05. The highest BCUT2D eigenvalue weighted by Gasteiger charge is 2.14. The minimum absolute atomic E-state index is 0.0666. The molecule has 0 saturated carbocycles. The van der Waals surface area contributed by atoms with Crippen LogP contribution in [0.25, 0.3) is 0 Å². The molecule has 20 heavy (non-hydrogen) atoms. The zero-order valence-corrected chi connectivity index (χ0v) is 13.5. The highest BCUT2D eigenvalue weighted by Crippen LogP contribution is 2.03. The van der Waals surface area contributed by atoms with Crippen LogP contribution in [-0.2, 0) is 4.79 Å². The van der Waals surface area contributed by atoms with Crippen molar-refractivity contribution >= 4 is 26.6 Å². The molecule has 1 aromatic rings. The van der Waals surface area contributed by atoms with Crippen LogP contribution in [0.4, 0.5) is 0 Å². The second-order valence-electron chi connectivity index (χ2n) is 5.34. The summed E-state index contributed by atoms with van der Waals surface area (Å²) in [6.07, 6.45) is -1.09. The van der Waals surface area contributed by atoms with Crippen molar-refractivity contribution in [2.45, 2.75) is 12.5 Å². The second kappa shape index (κ2) is 8.84. The van der Waals surface area contributed by atoms with Gasteiger partial charge in [-0.15, -0.1) is 0 Å². The number of aliphatic carboxylic acids is 1. The molecule has 1 atom stereocenters. The second-order valence-corrected chi connectivity index (χ2v) is 6.06. The maximum Gasteiger partial charge on any atom is 0.228 e. The zero-order chi connectivity index (χ0) is 15.8. The summed E-state index contributed by atoms with van der Waals surface area (Å²) >= 11 is 2.84. The van der Waals surface area contributed by atoms with Crippen LogP contribution < -0.4 is 5.11 Å². The van der Waals surface area contributed by atoms with Gasteiger partial charge in [0.15, 0.2) is 0 Å². The van der Waals surface area contributed by atoms with E-state index in [-0.39, 0.29) is 11.1 Å². The third kappa shape index (κ3) is 10.7. The molecule has 1 rings (SSSR count). The number of hydrogen-bond donors (Lipinski definition) is 1. The van der Waals surface area contributed by atoms with Crippen molar-refractivity contribution < 1.29 is 24.3 Å². The van der Waals surface area contributed by atoms with Crippen molar-refractivity contribution in [3.8, 4) is 0 Å².